The molecule has 1 heterocycles. The van der Waals surface area contributed by atoms with E-state index in [4.69, 9.17) is 0 Å². The molecule has 0 saturated carbocycles. The van der Waals surface area contributed by atoms with Gasteiger partial charge in [0.1, 0.15) is 5.82 Å². The molecule has 0 saturated heterocycles. The standard InChI is InChI=1S/C9H6BrFN2/c10-7-3-6(1-2-8(7)11)9-4-12-5-13-9/h1-5H,(H,12,13). The van der Waals surface area contributed by atoms with Crippen molar-refractivity contribution < 1.29 is 4.39 Å². The third-order valence-corrected chi connectivity index (χ3v) is 2.34. The van der Waals surface area contributed by atoms with E-state index >= 15 is 0 Å². The van der Waals surface area contributed by atoms with Crippen molar-refractivity contribution >= 4 is 15.9 Å². The van der Waals surface area contributed by atoms with Crippen molar-refractivity contribution in [2.24, 2.45) is 0 Å². The van der Waals surface area contributed by atoms with E-state index in [1.54, 1.807) is 24.7 Å². The molecule has 1 aromatic carbocycles. The molecule has 0 fully saturated rings. The number of benzene rings is 1. The van der Waals surface area contributed by atoms with Crippen molar-refractivity contribution in [1.82, 2.24) is 9.97 Å². The van der Waals surface area contributed by atoms with Gasteiger partial charge in [-0.25, -0.2) is 9.37 Å². The van der Waals surface area contributed by atoms with Crippen LogP contribution in [0.25, 0.3) is 11.3 Å². The van der Waals surface area contributed by atoms with Gasteiger partial charge in [-0.1, -0.05) is 0 Å². The minimum Gasteiger partial charge on any atom is -0.345 e. The fraction of sp³-hybridized carbons (Fsp3) is 0. The lowest BCUT2D eigenvalue weighted by atomic mass is 10.2. The Kier molecular flexibility index (Phi) is 2.14. The van der Waals surface area contributed by atoms with Gasteiger partial charge >= 0.3 is 0 Å². The SMILES string of the molecule is Fc1ccc(-c2cnc[nH]2)cc1Br. The first-order valence-corrected chi connectivity index (χ1v) is 4.50. The zero-order valence-corrected chi connectivity index (χ0v) is 8.18. The highest BCUT2D eigenvalue weighted by molar-refractivity contribution is 9.10. The summed E-state index contributed by atoms with van der Waals surface area (Å²) >= 11 is 3.12. The molecule has 2 rings (SSSR count). The van der Waals surface area contributed by atoms with Gasteiger partial charge in [0.25, 0.3) is 0 Å². The lowest BCUT2D eigenvalue weighted by Crippen LogP contribution is -1.80. The fourth-order valence-corrected chi connectivity index (χ4v) is 1.46. The molecule has 0 amide bonds. The van der Waals surface area contributed by atoms with Crippen molar-refractivity contribution in [3.05, 3.63) is 41.0 Å². The largest absolute Gasteiger partial charge is 0.345 e. The summed E-state index contributed by atoms with van der Waals surface area (Å²) in [5.41, 5.74) is 1.78. The minimum absolute atomic E-state index is 0.261. The van der Waals surface area contributed by atoms with Crippen LogP contribution in [0.3, 0.4) is 0 Å². The summed E-state index contributed by atoms with van der Waals surface area (Å²) in [6, 6.07) is 4.83. The number of rotatable bonds is 1. The molecule has 2 nitrogen and oxygen atoms in total. The van der Waals surface area contributed by atoms with Crippen LogP contribution in [0.4, 0.5) is 4.39 Å². The van der Waals surface area contributed by atoms with E-state index in [2.05, 4.69) is 25.9 Å². The Morgan fingerprint density at radius 2 is 2.23 bits per heavy atom. The van der Waals surface area contributed by atoms with E-state index < -0.39 is 0 Å². The zero-order valence-electron chi connectivity index (χ0n) is 6.59. The highest BCUT2D eigenvalue weighted by atomic mass is 79.9. The summed E-state index contributed by atoms with van der Waals surface area (Å²) in [6.07, 6.45) is 3.28. The Hall–Kier alpha value is -1.16. The molecule has 2 aromatic rings. The Bertz CT molecular complexity index is 412. The van der Waals surface area contributed by atoms with Crippen molar-refractivity contribution in [3.8, 4) is 11.3 Å². The summed E-state index contributed by atoms with van der Waals surface area (Å²) in [5, 5.41) is 0. The molecule has 0 aliphatic carbocycles. The number of H-pyrrole nitrogens is 1. The maximum absolute atomic E-state index is 12.9. The molecule has 4 heteroatoms. The molecule has 0 aliphatic rings. The van der Waals surface area contributed by atoms with E-state index in [0.29, 0.717) is 4.47 Å². The number of aromatic amines is 1. The molecule has 0 spiro atoms. The van der Waals surface area contributed by atoms with E-state index in [9.17, 15) is 4.39 Å². The molecule has 1 N–H and O–H groups in total. The molecule has 0 aliphatic heterocycles. The van der Waals surface area contributed by atoms with Gasteiger partial charge in [-0.15, -0.1) is 0 Å². The fourth-order valence-electron chi connectivity index (χ4n) is 1.08. The van der Waals surface area contributed by atoms with Crippen LogP contribution < -0.4 is 0 Å². The van der Waals surface area contributed by atoms with Gasteiger partial charge in [-0.3, -0.25) is 0 Å². The average molecular weight is 241 g/mol. The van der Waals surface area contributed by atoms with Crippen LogP contribution in [-0.2, 0) is 0 Å². The maximum Gasteiger partial charge on any atom is 0.137 e. The number of aromatic nitrogens is 2. The molecular formula is C9H6BrFN2. The van der Waals surface area contributed by atoms with Crippen LogP contribution in [0, 0.1) is 5.82 Å². The number of hydrogen-bond donors (Lipinski definition) is 1. The van der Waals surface area contributed by atoms with Crippen LogP contribution in [0.5, 0.6) is 0 Å². The Morgan fingerprint density at radius 3 is 2.85 bits per heavy atom. The summed E-state index contributed by atoms with van der Waals surface area (Å²) in [6.45, 7) is 0. The quantitative estimate of drug-likeness (QED) is 0.816. The Balaban J connectivity index is 2.49. The van der Waals surface area contributed by atoms with Gasteiger partial charge in [0.15, 0.2) is 0 Å². The molecule has 0 unspecified atom stereocenters. The van der Waals surface area contributed by atoms with Gasteiger partial charge in [0, 0.05) is 5.56 Å². The van der Waals surface area contributed by atoms with Crippen molar-refractivity contribution in [3.63, 3.8) is 0 Å². The number of halogens is 2. The van der Waals surface area contributed by atoms with Gasteiger partial charge in [0.05, 0.1) is 22.7 Å². The summed E-state index contributed by atoms with van der Waals surface area (Å²) < 4.78 is 13.3. The van der Waals surface area contributed by atoms with Crippen LogP contribution in [0.15, 0.2) is 35.2 Å². The number of nitrogens with one attached hydrogen (secondary N) is 1. The van der Waals surface area contributed by atoms with Gasteiger partial charge in [-0.05, 0) is 34.1 Å². The lowest BCUT2D eigenvalue weighted by Gasteiger charge is -1.98. The Morgan fingerprint density at radius 1 is 1.38 bits per heavy atom. The molecule has 13 heavy (non-hydrogen) atoms. The van der Waals surface area contributed by atoms with Gasteiger partial charge in [-0.2, -0.15) is 0 Å². The van der Waals surface area contributed by atoms with Crippen LogP contribution in [0.2, 0.25) is 0 Å². The van der Waals surface area contributed by atoms with Gasteiger partial charge < -0.3 is 4.98 Å². The number of nitrogens with zero attached hydrogens (tertiary/aromatic N) is 1. The van der Waals surface area contributed by atoms with Crippen molar-refractivity contribution in [2.45, 2.75) is 0 Å². The second-order valence-electron chi connectivity index (χ2n) is 2.59. The van der Waals surface area contributed by atoms with Crippen LogP contribution >= 0.6 is 15.9 Å². The predicted molar refractivity (Wildman–Crippen MR) is 51.7 cm³/mol. The van der Waals surface area contributed by atoms with Gasteiger partial charge in [0.2, 0.25) is 0 Å². The molecular weight excluding hydrogens is 235 g/mol. The van der Waals surface area contributed by atoms with Crippen LogP contribution in [-0.4, -0.2) is 9.97 Å². The summed E-state index contributed by atoms with van der Waals surface area (Å²) in [4.78, 5) is 6.83. The van der Waals surface area contributed by atoms with E-state index in [0.717, 1.165) is 11.3 Å². The third kappa shape index (κ3) is 1.62. The molecule has 0 atom stereocenters. The summed E-state index contributed by atoms with van der Waals surface area (Å²) in [7, 11) is 0. The first kappa shape index (κ1) is 8.44. The molecule has 1 aromatic heterocycles. The molecule has 66 valence electrons. The van der Waals surface area contributed by atoms with Crippen LogP contribution in [0.1, 0.15) is 0 Å². The smallest absolute Gasteiger partial charge is 0.137 e. The van der Waals surface area contributed by atoms with E-state index in [-0.39, 0.29) is 5.82 Å². The lowest BCUT2D eigenvalue weighted by molar-refractivity contribution is 0.621. The topological polar surface area (TPSA) is 28.7 Å². The first-order chi connectivity index (χ1) is 6.27. The minimum atomic E-state index is -0.261. The van der Waals surface area contributed by atoms with Crippen molar-refractivity contribution in [1.29, 1.82) is 0 Å². The average Bonchev–Trinajstić information content (AvgIpc) is 2.62. The van der Waals surface area contributed by atoms with E-state index in [1.165, 1.54) is 6.07 Å². The third-order valence-electron chi connectivity index (χ3n) is 1.73. The molecule has 0 bridgehead atoms. The zero-order chi connectivity index (χ0) is 9.26. The predicted octanol–water partition coefficient (Wildman–Crippen LogP) is 2.98. The molecule has 0 radical (unpaired) electrons. The number of imidazole rings is 1. The maximum atomic E-state index is 12.9. The second kappa shape index (κ2) is 3.30. The number of hydrogen-bond acceptors (Lipinski definition) is 1. The second-order valence-corrected chi connectivity index (χ2v) is 3.45. The highest BCUT2D eigenvalue weighted by Crippen LogP contribution is 2.23. The first-order valence-electron chi connectivity index (χ1n) is 3.71. The van der Waals surface area contributed by atoms with E-state index in [1.807, 2.05) is 0 Å². The monoisotopic (exact) mass is 240 g/mol. The summed E-state index contributed by atoms with van der Waals surface area (Å²) in [5.74, 6) is -0.261. The normalized spacial score (nSPS) is 10.3. The highest BCUT2D eigenvalue weighted by Gasteiger charge is 2.02. The van der Waals surface area contributed by atoms with Crippen molar-refractivity contribution in [2.75, 3.05) is 0 Å². The Labute approximate surface area is 83.0 Å².